The lowest BCUT2D eigenvalue weighted by Gasteiger charge is -2.13. The van der Waals surface area contributed by atoms with Gasteiger partial charge in [-0.3, -0.25) is 0 Å². The first-order valence-electron chi connectivity index (χ1n) is 6.48. The molecule has 0 aliphatic rings. The SMILES string of the molecule is CN(C)C(=O)NCCNC(=O)Nc1ccc(F)c(C(F)(F)F)c1. The van der Waals surface area contributed by atoms with Gasteiger partial charge >= 0.3 is 18.2 Å². The Labute approximate surface area is 129 Å². The monoisotopic (exact) mass is 336 g/mol. The van der Waals surface area contributed by atoms with E-state index in [0.29, 0.717) is 12.1 Å². The number of carbonyl (C=O) groups excluding carboxylic acids is 2. The highest BCUT2D eigenvalue weighted by Gasteiger charge is 2.34. The van der Waals surface area contributed by atoms with Crippen LogP contribution in [0.25, 0.3) is 0 Å². The van der Waals surface area contributed by atoms with Gasteiger partial charge < -0.3 is 20.9 Å². The second-order valence-corrected chi connectivity index (χ2v) is 4.70. The van der Waals surface area contributed by atoms with E-state index < -0.39 is 23.6 Å². The van der Waals surface area contributed by atoms with Crippen molar-refractivity contribution in [3.05, 3.63) is 29.6 Å². The van der Waals surface area contributed by atoms with Gasteiger partial charge in [0, 0.05) is 32.9 Å². The normalized spacial score (nSPS) is 10.9. The molecule has 0 atom stereocenters. The number of hydrogen-bond acceptors (Lipinski definition) is 2. The van der Waals surface area contributed by atoms with Crippen molar-refractivity contribution >= 4 is 17.7 Å². The number of carbonyl (C=O) groups is 2. The second-order valence-electron chi connectivity index (χ2n) is 4.70. The van der Waals surface area contributed by atoms with Gasteiger partial charge in [0.1, 0.15) is 5.82 Å². The molecule has 0 saturated heterocycles. The maximum Gasteiger partial charge on any atom is 0.419 e. The minimum Gasteiger partial charge on any atom is -0.336 e. The zero-order valence-electron chi connectivity index (χ0n) is 12.4. The average Bonchev–Trinajstić information content (AvgIpc) is 2.44. The van der Waals surface area contributed by atoms with Crippen molar-refractivity contribution in [3.63, 3.8) is 0 Å². The molecule has 1 aromatic carbocycles. The van der Waals surface area contributed by atoms with E-state index in [0.717, 1.165) is 6.07 Å². The lowest BCUT2D eigenvalue weighted by molar-refractivity contribution is -0.139. The predicted molar refractivity (Wildman–Crippen MR) is 75.5 cm³/mol. The van der Waals surface area contributed by atoms with E-state index in [2.05, 4.69) is 16.0 Å². The van der Waals surface area contributed by atoms with Gasteiger partial charge in [0.15, 0.2) is 0 Å². The first kappa shape index (κ1) is 18.5. The molecule has 1 aromatic rings. The third-order valence-corrected chi connectivity index (χ3v) is 2.62. The summed E-state index contributed by atoms with van der Waals surface area (Å²) < 4.78 is 50.7. The third kappa shape index (κ3) is 6.01. The van der Waals surface area contributed by atoms with Gasteiger partial charge in [0.25, 0.3) is 0 Å². The predicted octanol–water partition coefficient (Wildman–Crippen LogP) is 2.24. The van der Waals surface area contributed by atoms with Crippen molar-refractivity contribution in [1.82, 2.24) is 15.5 Å². The molecule has 23 heavy (non-hydrogen) atoms. The third-order valence-electron chi connectivity index (χ3n) is 2.62. The molecule has 1 rings (SSSR count). The fourth-order valence-electron chi connectivity index (χ4n) is 1.50. The van der Waals surface area contributed by atoms with Gasteiger partial charge in [-0.05, 0) is 18.2 Å². The molecule has 0 saturated carbocycles. The van der Waals surface area contributed by atoms with E-state index in [-0.39, 0.29) is 24.8 Å². The highest BCUT2D eigenvalue weighted by molar-refractivity contribution is 5.89. The minimum absolute atomic E-state index is 0.0682. The van der Waals surface area contributed by atoms with Crippen LogP contribution in [0, 0.1) is 5.82 Å². The Kier molecular flexibility index (Phi) is 6.17. The number of halogens is 4. The molecule has 6 nitrogen and oxygen atoms in total. The molecule has 0 aromatic heterocycles. The largest absolute Gasteiger partial charge is 0.419 e. The standard InChI is InChI=1S/C13H16F4N4O2/c1-21(2)12(23)19-6-5-18-11(22)20-8-3-4-10(14)9(7-8)13(15,16)17/h3-4,7H,5-6H2,1-2H3,(H,19,23)(H2,18,20,22). The number of nitrogens with zero attached hydrogens (tertiary/aromatic N) is 1. The fourth-order valence-corrected chi connectivity index (χ4v) is 1.50. The van der Waals surface area contributed by atoms with Crippen LogP contribution in [0.15, 0.2) is 18.2 Å². The Morgan fingerprint density at radius 1 is 1.13 bits per heavy atom. The second kappa shape index (κ2) is 7.65. The van der Waals surface area contributed by atoms with E-state index in [4.69, 9.17) is 0 Å². The number of benzene rings is 1. The van der Waals surface area contributed by atoms with Gasteiger partial charge in [-0.1, -0.05) is 0 Å². The summed E-state index contributed by atoms with van der Waals surface area (Å²) in [6, 6.07) is 1.01. The maximum absolute atomic E-state index is 13.1. The van der Waals surface area contributed by atoms with Gasteiger partial charge in [0.2, 0.25) is 0 Å². The zero-order valence-corrected chi connectivity index (χ0v) is 12.4. The molecule has 0 spiro atoms. The van der Waals surface area contributed by atoms with Gasteiger partial charge in [-0.2, -0.15) is 13.2 Å². The molecule has 0 aliphatic heterocycles. The molecule has 0 radical (unpaired) electrons. The van der Waals surface area contributed by atoms with Crippen LogP contribution in [0.3, 0.4) is 0 Å². The lowest BCUT2D eigenvalue weighted by atomic mass is 10.2. The molecule has 3 N–H and O–H groups in total. The Balaban J connectivity index is 2.51. The van der Waals surface area contributed by atoms with Crippen molar-refractivity contribution in [3.8, 4) is 0 Å². The molecule has 10 heteroatoms. The number of hydrogen-bond donors (Lipinski definition) is 3. The number of amides is 4. The summed E-state index contributed by atoms with van der Waals surface area (Å²) in [7, 11) is 3.09. The Hall–Kier alpha value is -2.52. The summed E-state index contributed by atoms with van der Waals surface area (Å²) in [5.74, 6) is -1.42. The van der Waals surface area contributed by atoms with Crippen LogP contribution < -0.4 is 16.0 Å². The van der Waals surface area contributed by atoms with Crippen LogP contribution in [0.5, 0.6) is 0 Å². The van der Waals surface area contributed by atoms with E-state index in [9.17, 15) is 27.2 Å². The van der Waals surface area contributed by atoms with Crippen LogP contribution in [0.1, 0.15) is 5.56 Å². The van der Waals surface area contributed by atoms with Crippen LogP contribution in [0.4, 0.5) is 32.8 Å². The Bertz CT molecular complexity index is 576. The number of anilines is 1. The quantitative estimate of drug-likeness (QED) is 0.583. The molecular formula is C13H16F4N4O2. The van der Waals surface area contributed by atoms with Crippen LogP contribution in [0.2, 0.25) is 0 Å². The first-order valence-corrected chi connectivity index (χ1v) is 6.48. The summed E-state index contributed by atoms with van der Waals surface area (Å²) >= 11 is 0. The summed E-state index contributed by atoms with van der Waals surface area (Å²) in [6.07, 6.45) is -4.85. The highest BCUT2D eigenvalue weighted by Crippen LogP contribution is 2.32. The van der Waals surface area contributed by atoms with Crippen molar-refractivity contribution < 1.29 is 27.2 Å². The first-order chi connectivity index (χ1) is 10.6. The van der Waals surface area contributed by atoms with Gasteiger partial charge in [-0.25, -0.2) is 14.0 Å². The van der Waals surface area contributed by atoms with E-state index in [1.807, 2.05) is 0 Å². The van der Waals surface area contributed by atoms with Crippen LogP contribution in [-0.4, -0.2) is 44.1 Å². The molecule has 4 amide bonds. The van der Waals surface area contributed by atoms with Crippen LogP contribution in [-0.2, 0) is 6.18 Å². The Morgan fingerprint density at radius 2 is 1.74 bits per heavy atom. The highest BCUT2D eigenvalue weighted by atomic mass is 19.4. The van der Waals surface area contributed by atoms with Crippen LogP contribution >= 0.6 is 0 Å². The summed E-state index contributed by atoms with van der Waals surface area (Å²) in [4.78, 5) is 24.0. The number of rotatable bonds is 4. The topological polar surface area (TPSA) is 73.5 Å². The van der Waals surface area contributed by atoms with E-state index in [1.165, 1.54) is 4.90 Å². The minimum atomic E-state index is -4.85. The average molecular weight is 336 g/mol. The van der Waals surface area contributed by atoms with Crippen molar-refractivity contribution in [2.75, 3.05) is 32.5 Å². The fraction of sp³-hybridized carbons (Fsp3) is 0.385. The smallest absolute Gasteiger partial charge is 0.336 e. The van der Waals surface area contributed by atoms with Gasteiger partial charge in [0.05, 0.1) is 5.56 Å². The van der Waals surface area contributed by atoms with E-state index in [1.54, 1.807) is 14.1 Å². The van der Waals surface area contributed by atoms with Crippen molar-refractivity contribution in [1.29, 1.82) is 0 Å². The zero-order chi connectivity index (χ0) is 17.6. The van der Waals surface area contributed by atoms with E-state index >= 15 is 0 Å². The molecule has 0 heterocycles. The molecular weight excluding hydrogens is 320 g/mol. The lowest BCUT2D eigenvalue weighted by Crippen LogP contribution is -2.40. The molecule has 0 bridgehead atoms. The molecule has 0 aliphatic carbocycles. The maximum atomic E-state index is 13.1. The van der Waals surface area contributed by atoms with Gasteiger partial charge in [-0.15, -0.1) is 0 Å². The number of urea groups is 2. The van der Waals surface area contributed by atoms with Crippen molar-refractivity contribution in [2.24, 2.45) is 0 Å². The summed E-state index contributed by atoms with van der Waals surface area (Å²) in [5, 5.41) is 6.98. The summed E-state index contributed by atoms with van der Waals surface area (Å²) in [6.45, 7) is 0.209. The van der Waals surface area contributed by atoms with Crippen molar-refractivity contribution in [2.45, 2.75) is 6.18 Å². The summed E-state index contributed by atoms with van der Waals surface area (Å²) in [5.41, 5.74) is -1.66. The number of alkyl halides is 3. The molecule has 0 fully saturated rings. The Morgan fingerprint density at radius 3 is 2.30 bits per heavy atom. The number of nitrogens with one attached hydrogen (secondary N) is 3. The molecule has 0 unspecified atom stereocenters. The molecule has 128 valence electrons.